The number of halogens is 3. The van der Waals surface area contributed by atoms with Gasteiger partial charge in [0, 0.05) is 50.5 Å². The predicted octanol–water partition coefficient (Wildman–Crippen LogP) is 0.955. The van der Waals surface area contributed by atoms with Gasteiger partial charge in [0.2, 0.25) is 5.91 Å². The van der Waals surface area contributed by atoms with E-state index in [1.165, 1.54) is 0 Å². The molecule has 2 aliphatic heterocycles. The molecule has 0 bridgehead atoms. The van der Waals surface area contributed by atoms with E-state index in [4.69, 9.17) is 19.4 Å². The third-order valence-electron chi connectivity index (χ3n) is 4.91. The second-order valence-electron chi connectivity index (χ2n) is 6.99. The maximum Gasteiger partial charge on any atom is 0.490 e. The quantitative estimate of drug-likeness (QED) is 0.667. The van der Waals surface area contributed by atoms with E-state index in [-0.39, 0.29) is 36.4 Å². The Bertz CT molecular complexity index is 762. The van der Waals surface area contributed by atoms with E-state index >= 15 is 0 Å². The fourth-order valence-electron chi connectivity index (χ4n) is 3.32. The van der Waals surface area contributed by atoms with Gasteiger partial charge in [-0.3, -0.25) is 14.6 Å². The number of carboxylic acids is 1. The molecular weight excluding hydrogens is 423 g/mol. The summed E-state index contributed by atoms with van der Waals surface area (Å²) in [5, 5.41) is 10.1. The lowest BCUT2D eigenvalue weighted by atomic mass is 9.93. The van der Waals surface area contributed by atoms with Crippen molar-refractivity contribution in [2.75, 3.05) is 39.5 Å². The van der Waals surface area contributed by atoms with Gasteiger partial charge in [0.25, 0.3) is 5.91 Å². The van der Waals surface area contributed by atoms with Gasteiger partial charge in [-0.05, 0) is 19.1 Å². The average Bonchev–Trinajstić information content (AvgIpc) is 3.32. The summed E-state index contributed by atoms with van der Waals surface area (Å²) in [6, 6.07) is 3.47. The van der Waals surface area contributed by atoms with Crippen molar-refractivity contribution in [2.45, 2.75) is 19.2 Å². The van der Waals surface area contributed by atoms with E-state index in [1.807, 2.05) is 6.92 Å². The zero-order valence-corrected chi connectivity index (χ0v) is 16.8. The number of aromatic nitrogens is 1. The molecule has 12 heteroatoms. The van der Waals surface area contributed by atoms with Crippen LogP contribution in [0.2, 0.25) is 0 Å². The number of nitrogens with zero attached hydrogens (tertiary/aromatic N) is 2. The van der Waals surface area contributed by atoms with Crippen LogP contribution in [0, 0.1) is 11.8 Å². The summed E-state index contributed by atoms with van der Waals surface area (Å²) in [5.41, 5.74) is 0.549. The van der Waals surface area contributed by atoms with Gasteiger partial charge in [-0.1, -0.05) is 0 Å². The number of carboxylic acid groups (broad SMARTS) is 1. The number of alkyl halides is 3. The van der Waals surface area contributed by atoms with Crippen molar-refractivity contribution in [1.82, 2.24) is 15.2 Å². The van der Waals surface area contributed by atoms with Gasteiger partial charge in [0.05, 0.1) is 18.3 Å². The van der Waals surface area contributed by atoms with Crippen molar-refractivity contribution in [2.24, 2.45) is 11.8 Å². The fraction of sp³-hybridized carbons (Fsp3) is 0.579. The highest BCUT2D eigenvalue weighted by molar-refractivity contribution is 5.93. The molecular formula is C19H24F3N3O6. The lowest BCUT2D eigenvalue weighted by Crippen LogP contribution is -2.36. The van der Waals surface area contributed by atoms with E-state index < -0.39 is 12.1 Å². The van der Waals surface area contributed by atoms with Crippen molar-refractivity contribution >= 4 is 17.8 Å². The molecule has 2 saturated heterocycles. The van der Waals surface area contributed by atoms with Crippen molar-refractivity contribution in [3.05, 3.63) is 30.1 Å². The first-order valence-electron chi connectivity index (χ1n) is 9.59. The number of fused-ring (bicyclic) bond motifs is 1. The third kappa shape index (κ3) is 7.17. The smallest absolute Gasteiger partial charge is 0.475 e. The van der Waals surface area contributed by atoms with E-state index in [0.29, 0.717) is 38.4 Å². The Morgan fingerprint density at radius 1 is 1.35 bits per heavy atom. The van der Waals surface area contributed by atoms with Crippen LogP contribution in [-0.2, 0) is 19.1 Å². The topological polar surface area (TPSA) is 118 Å². The highest BCUT2D eigenvalue weighted by atomic mass is 19.4. The number of amides is 2. The number of aliphatic carboxylic acids is 1. The fourth-order valence-corrected chi connectivity index (χ4v) is 3.32. The van der Waals surface area contributed by atoms with Crippen LogP contribution in [0.1, 0.15) is 17.3 Å². The molecule has 0 aromatic carbocycles. The molecule has 0 aliphatic carbocycles. The van der Waals surface area contributed by atoms with Crippen molar-refractivity contribution in [3.63, 3.8) is 0 Å². The molecule has 1 aromatic heterocycles. The number of likely N-dealkylation sites (tertiary alicyclic amines) is 1. The van der Waals surface area contributed by atoms with Gasteiger partial charge in [0.1, 0.15) is 6.61 Å². The second kappa shape index (κ2) is 11.0. The SMILES string of the molecule is CCOCC(=O)N1C[C@@H]2[C@@H](CNC(=O)c3cccnc3)CO[C@@H]2C1.O=C(O)C(F)(F)F. The van der Waals surface area contributed by atoms with Crippen LogP contribution in [0.5, 0.6) is 0 Å². The van der Waals surface area contributed by atoms with Crippen LogP contribution >= 0.6 is 0 Å². The molecule has 2 N–H and O–H groups in total. The Kier molecular flexibility index (Phi) is 8.75. The van der Waals surface area contributed by atoms with Gasteiger partial charge < -0.3 is 24.8 Å². The Hall–Kier alpha value is -2.73. The summed E-state index contributed by atoms with van der Waals surface area (Å²) in [4.78, 5) is 38.8. The zero-order valence-electron chi connectivity index (χ0n) is 16.8. The van der Waals surface area contributed by atoms with Gasteiger partial charge in [-0.2, -0.15) is 13.2 Å². The van der Waals surface area contributed by atoms with Crippen LogP contribution < -0.4 is 5.32 Å². The lowest BCUT2D eigenvalue weighted by Gasteiger charge is -2.20. The Morgan fingerprint density at radius 3 is 2.65 bits per heavy atom. The summed E-state index contributed by atoms with van der Waals surface area (Å²) in [6.45, 7) is 4.98. The Morgan fingerprint density at radius 2 is 2.06 bits per heavy atom. The van der Waals surface area contributed by atoms with Crippen LogP contribution in [0.4, 0.5) is 13.2 Å². The van der Waals surface area contributed by atoms with Crippen molar-refractivity contribution in [1.29, 1.82) is 0 Å². The van der Waals surface area contributed by atoms with E-state index in [0.717, 1.165) is 0 Å². The third-order valence-corrected chi connectivity index (χ3v) is 4.91. The molecule has 9 nitrogen and oxygen atoms in total. The number of hydrogen-bond acceptors (Lipinski definition) is 6. The molecule has 2 amide bonds. The molecule has 3 heterocycles. The summed E-state index contributed by atoms with van der Waals surface area (Å²) in [7, 11) is 0. The number of ether oxygens (including phenoxy) is 2. The number of pyridine rings is 1. The normalized spacial score (nSPS) is 22.3. The number of carbonyl (C=O) groups is 3. The minimum Gasteiger partial charge on any atom is -0.475 e. The molecule has 3 atom stereocenters. The maximum atomic E-state index is 12.1. The van der Waals surface area contributed by atoms with Crippen LogP contribution in [0.15, 0.2) is 24.5 Å². The molecule has 0 unspecified atom stereocenters. The Labute approximate surface area is 176 Å². The molecule has 0 radical (unpaired) electrons. The van der Waals surface area contributed by atoms with Gasteiger partial charge in [-0.25, -0.2) is 4.79 Å². The van der Waals surface area contributed by atoms with Gasteiger partial charge in [-0.15, -0.1) is 0 Å². The molecule has 31 heavy (non-hydrogen) atoms. The number of nitrogens with one attached hydrogen (secondary N) is 1. The molecule has 3 rings (SSSR count). The summed E-state index contributed by atoms with van der Waals surface area (Å²) in [5.74, 6) is -2.39. The van der Waals surface area contributed by atoms with Gasteiger partial charge >= 0.3 is 12.1 Å². The first kappa shape index (κ1) is 24.5. The summed E-state index contributed by atoms with van der Waals surface area (Å²) < 4.78 is 42.7. The van der Waals surface area contributed by atoms with Crippen LogP contribution in [0.25, 0.3) is 0 Å². The largest absolute Gasteiger partial charge is 0.490 e. The number of carbonyl (C=O) groups excluding carboxylic acids is 2. The lowest BCUT2D eigenvalue weighted by molar-refractivity contribution is -0.192. The first-order valence-corrected chi connectivity index (χ1v) is 9.59. The predicted molar refractivity (Wildman–Crippen MR) is 100 cm³/mol. The number of hydrogen-bond donors (Lipinski definition) is 2. The first-order chi connectivity index (χ1) is 14.6. The molecule has 0 spiro atoms. The number of rotatable bonds is 6. The minimum atomic E-state index is -5.08. The second-order valence-corrected chi connectivity index (χ2v) is 6.99. The van der Waals surface area contributed by atoms with E-state index in [2.05, 4.69) is 10.3 Å². The van der Waals surface area contributed by atoms with Crippen molar-refractivity contribution < 1.29 is 42.1 Å². The zero-order chi connectivity index (χ0) is 23.0. The standard InChI is InChI=1S/C17H23N3O4.C2HF3O2/c1-2-23-11-16(21)20-8-14-13(10-24-15(14)9-20)7-19-17(22)12-4-3-5-18-6-12;3-2(4,5)1(6)7/h3-6,13-15H,2,7-11H2,1H3,(H,19,22);(H,6,7)/t13-,14+,15+;/m0./s1. The molecule has 2 fully saturated rings. The van der Waals surface area contributed by atoms with E-state index in [9.17, 15) is 22.8 Å². The Balaban J connectivity index is 0.000000423. The minimum absolute atomic E-state index is 0.00740. The average molecular weight is 447 g/mol. The van der Waals surface area contributed by atoms with E-state index in [1.54, 1.807) is 29.4 Å². The van der Waals surface area contributed by atoms with Crippen LogP contribution in [0.3, 0.4) is 0 Å². The maximum absolute atomic E-state index is 12.1. The molecule has 172 valence electrons. The molecule has 2 aliphatic rings. The summed E-state index contributed by atoms with van der Waals surface area (Å²) in [6.07, 6.45) is -1.83. The highest BCUT2D eigenvalue weighted by Gasteiger charge is 2.45. The van der Waals surface area contributed by atoms with Crippen molar-refractivity contribution in [3.8, 4) is 0 Å². The van der Waals surface area contributed by atoms with Crippen LogP contribution in [-0.4, -0.2) is 84.5 Å². The highest BCUT2D eigenvalue weighted by Crippen LogP contribution is 2.33. The molecule has 0 saturated carbocycles. The monoisotopic (exact) mass is 447 g/mol. The van der Waals surface area contributed by atoms with Gasteiger partial charge in [0.15, 0.2) is 0 Å². The summed E-state index contributed by atoms with van der Waals surface area (Å²) >= 11 is 0. The molecule has 1 aromatic rings.